The largest absolute Gasteiger partial charge is 0.465 e. The van der Waals surface area contributed by atoms with Crippen molar-refractivity contribution in [1.29, 1.82) is 0 Å². The van der Waals surface area contributed by atoms with Gasteiger partial charge in [-0.05, 0) is 25.7 Å². The van der Waals surface area contributed by atoms with Gasteiger partial charge in [0.2, 0.25) is 0 Å². The maximum absolute atomic E-state index is 11.7. The molecule has 0 aromatic rings. The van der Waals surface area contributed by atoms with E-state index < -0.39 is 24.5 Å². The third-order valence-electron chi connectivity index (χ3n) is 4.06. The molecule has 0 aromatic carbocycles. The Morgan fingerprint density at radius 2 is 1.77 bits per heavy atom. The second kappa shape index (κ2) is 13.1. The predicted octanol–water partition coefficient (Wildman–Crippen LogP) is 2.90. The molecule has 0 spiro atoms. The average molecular weight is 373 g/mol. The van der Waals surface area contributed by atoms with Crippen molar-refractivity contribution in [3.63, 3.8) is 0 Å². The summed E-state index contributed by atoms with van der Waals surface area (Å²) in [4.78, 5) is 35.4. The van der Waals surface area contributed by atoms with Crippen LogP contribution in [-0.4, -0.2) is 60.8 Å². The van der Waals surface area contributed by atoms with Crippen LogP contribution in [0.15, 0.2) is 0 Å². The number of ether oxygens (including phenoxy) is 2. The van der Waals surface area contributed by atoms with Crippen molar-refractivity contribution in [2.45, 2.75) is 64.5 Å². The molecule has 9 nitrogen and oxygen atoms in total. The predicted molar refractivity (Wildman–Crippen MR) is 95.0 cm³/mol. The van der Waals surface area contributed by atoms with Gasteiger partial charge >= 0.3 is 18.3 Å². The van der Waals surface area contributed by atoms with Crippen LogP contribution in [0.3, 0.4) is 0 Å². The van der Waals surface area contributed by atoms with Crippen LogP contribution in [0.25, 0.3) is 0 Å². The summed E-state index contributed by atoms with van der Waals surface area (Å²) in [5.74, 6) is 0. The quantitative estimate of drug-likeness (QED) is 0.507. The molecule has 0 radical (unpaired) electrons. The molecule has 1 rings (SSSR count). The number of unbranched alkanes of at least 4 members (excludes halogenated alkanes) is 3. The molecule has 0 aliphatic carbocycles. The van der Waals surface area contributed by atoms with Gasteiger partial charge in [-0.15, -0.1) is 0 Å². The van der Waals surface area contributed by atoms with Gasteiger partial charge in [0.15, 0.2) is 6.23 Å². The van der Waals surface area contributed by atoms with Crippen LogP contribution in [0.5, 0.6) is 0 Å². The van der Waals surface area contributed by atoms with Crippen molar-refractivity contribution in [2.75, 3.05) is 26.2 Å². The van der Waals surface area contributed by atoms with Gasteiger partial charge in [-0.1, -0.05) is 26.2 Å². The summed E-state index contributed by atoms with van der Waals surface area (Å²) in [6, 6.07) is 0. The van der Waals surface area contributed by atoms with Crippen LogP contribution < -0.4 is 10.6 Å². The number of carbonyl (C=O) groups excluding carboxylic acids is 2. The summed E-state index contributed by atoms with van der Waals surface area (Å²) < 4.78 is 10.2. The van der Waals surface area contributed by atoms with E-state index in [9.17, 15) is 14.4 Å². The Hall–Kier alpha value is -2.19. The van der Waals surface area contributed by atoms with E-state index in [1.165, 1.54) is 0 Å². The fraction of sp³-hybridized carbons (Fsp3) is 0.824. The number of carboxylic acid groups (broad SMARTS) is 1. The molecule has 1 heterocycles. The average Bonchev–Trinajstić information content (AvgIpc) is 2.61. The van der Waals surface area contributed by atoms with Crippen molar-refractivity contribution in [2.24, 2.45) is 0 Å². The van der Waals surface area contributed by atoms with Gasteiger partial charge in [0, 0.05) is 26.1 Å². The smallest absolute Gasteiger partial charge is 0.410 e. The number of piperidine rings is 1. The van der Waals surface area contributed by atoms with E-state index in [0.717, 1.165) is 43.4 Å². The lowest BCUT2D eigenvalue weighted by Gasteiger charge is -2.32. The van der Waals surface area contributed by atoms with E-state index in [2.05, 4.69) is 17.6 Å². The van der Waals surface area contributed by atoms with Crippen LogP contribution in [0.1, 0.15) is 58.3 Å². The Bertz CT molecular complexity index is 446. The van der Waals surface area contributed by atoms with E-state index in [4.69, 9.17) is 14.6 Å². The minimum Gasteiger partial charge on any atom is -0.465 e. The van der Waals surface area contributed by atoms with Gasteiger partial charge in [-0.25, -0.2) is 14.4 Å². The van der Waals surface area contributed by atoms with Crippen molar-refractivity contribution in [1.82, 2.24) is 15.5 Å². The van der Waals surface area contributed by atoms with Gasteiger partial charge in [0.05, 0.1) is 6.61 Å². The van der Waals surface area contributed by atoms with Crippen LogP contribution >= 0.6 is 0 Å². The number of nitrogens with one attached hydrogen (secondary N) is 2. The molecular weight excluding hydrogens is 342 g/mol. The molecule has 1 aliphatic rings. The molecule has 26 heavy (non-hydrogen) atoms. The number of amides is 3. The van der Waals surface area contributed by atoms with Gasteiger partial charge in [0.1, 0.15) is 0 Å². The number of hydrogen-bond acceptors (Lipinski definition) is 5. The van der Waals surface area contributed by atoms with E-state index >= 15 is 0 Å². The minimum atomic E-state index is -1.09. The molecule has 0 bridgehead atoms. The third kappa shape index (κ3) is 9.33. The molecular formula is C17H31N3O6. The van der Waals surface area contributed by atoms with E-state index in [0.29, 0.717) is 25.9 Å². The fourth-order valence-electron chi connectivity index (χ4n) is 2.63. The zero-order chi connectivity index (χ0) is 19.2. The number of hydrogen-bond donors (Lipinski definition) is 3. The molecule has 3 N–H and O–H groups in total. The molecule has 1 aliphatic heterocycles. The van der Waals surface area contributed by atoms with Crippen molar-refractivity contribution in [3.05, 3.63) is 0 Å². The maximum Gasteiger partial charge on any atom is 0.410 e. The SMILES string of the molecule is CCCCCCNC(=O)OCCCNC(=O)OC1CCCCN1C(=O)O. The Kier molecular flexibility index (Phi) is 11.0. The Morgan fingerprint density at radius 1 is 1.04 bits per heavy atom. The number of rotatable bonds is 10. The highest BCUT2D eigenvalue weighted by Crippen LogP contribution is 2.18. The van der Waals surface area contributed by atoms with Crippen LogP contribution in [0, 0.1) is 0 Å². The van der Waals surface area contributed by atoms with E-state index in [1.54, 1.807) is 0 Å². The second-order valence-corrected chi connectivity index (χ2v) is 6.24. The first kappa shape index (κ1) is 21.9. The molecule has 0 aromatic heterocycles. The van der Waals surface area contributed by atoms with Gasteiger partial charge in [-0.3, -0.25) is 4.90 Å². The molecule has 1 atom stereocenters. The molecule has 3 amide bonds. The minimum absolute atomic E-state index is 0.186. The topological polar surface area (TPSA) is 117 Å². The third-order valence-corrected chi connectivity index (χ3v) is 4.06. The highest BCUT2D eigenvalue weighted by atomic mass is 16.6. The summed E-state index contributed by atoms with van der Waals surface area (Å²) in [5.41, 5.74) is 0. The summed E-state index contributed by atoms with van der Waals surface area (Å²) in [6.45, 7) is 3.57. The van der Waals surface area contributed by atoms with Gasteiger partial charge < -0.3 is 25.2 Å². The zero-order valence-electron chi connectivity index (χ0n) is 15.5. The van der Waals surface area contributed by atoms with E-state index in [1.807, 2.05) is 0 Å². The standard InChI is InChI=1S/C17H31N3O6/c1-2-3-4-6-10-18-15(21)25-13-8-11-19-16(22)26-14-9-5-7-12-20(14)17(23)24/h14H,2-13H2,1H3,(H,18,21)(H,19,22)(H,23,24). The first-order chi connectivity index (χ1) is 12.5. The molecule has 1 unspecified atom stereocenters. The number of alkyl carbamates (subject to hydrolysis) is 2. The molecule has 0 saturated carbocycles. The normalized spacial score (nSPS) is 16.7. The zero-order valence-corrected chi connectivity index (χ0v) is 15.5. The number of carbonyl (C=O) groups is 3. The van der Waals surface area contributed by atoms with Gasteiger partial charge in [0.25, 0.3) is 0 Å². The molecule has 9 heteroatoms. The number of likely N-dealkylation sites (tertiary alicyclic amines) is 1. The van der Waals surface area contributed by atoms with Crippen LogP contribution in [-0.2, 0) is 9.47 Å². The second-order valence-electron chi connectivity index (χ2n) is 6.24. The van der Waals surface area contributed by atoms with Crippen LogP contribution in [0.2, 0.25) is 0 Å². The first-order valence-electron chi connectivity index (χ1n) is 9.39. The molecule has 1 saturated heterocycles. The van der Waals surface area contributed by atoms with E-state index in [-0.39, 0.29) is 13.2 Å². The van der Waals surface area contributed by atoms with Crippen molar-refractivity contribution >= 4 is 18.3 Å². The Morgan fingerprint density at radius 3 is 2.50 bits per heavy atom. The summed E-state index contributed by atoms with van der Waals surface area (Å²) in [6.07, 6.45) is 3.92. The lowest BCUT2D eigenvalue weighted by molar-refractivity contribution is -0.0245. The lowest BCUT2D eigenvalue weighted by atomic mass is 10.1. The fourth-order valence-corrected chi connectivity index (χ4v) is 2.63. The summed E-state index contributed by atoms with van der Waals surface area (Å²) in [7, 11) is 0. The first-order valence-corrected chi connectivity index (χ1v) is 9.39. The monoisotopic (exact) mass is 373 g/mol. The van der Waals surface area contributed by atoms with Crippen LogP contribution in [0.4, 0.5) is 14.4 Å². The Balaban J connectivity index is 2.05. The summed E-state index contributed by atoms with van der Waals surface area (Å²) >= 11 is 0. The highest BCUT2D eigenvalue weighted by Gasteiger charge is 2.29. The lowest BCUT2D eigenvalue weighted by Crippen LogP contribution is -2.46. The van der Waals surface area contributed by atoms with Crippen molar-refractivity contribution in [3.8, 4) is 0 Å². The van der Waals surface area contributed by atoms with Crippen molar-refractivity contribution < 1.29 is 29.0 Å². The maximum atomic E-state index is 11.7. The Labute approximate surface area is 154 Å². The molecule has 1 fully saturated rings. The van der Waals surface area contributed by atoms with Gasteiger partial charge in [-0.2, -0.15) is 0 Å². The summed E-state index contributed by atoms with van der Waals surface area (Å²) in [5, 5.41) is 14.3. The highest BCUT2D eigenvalue weighted by molar-refractivity contribution is 5.69. The molecule has 150 valence electrons. The number of nitrogens with zero attached hydrogens (tertiary/aromatic N) is 1.